The monoisotopic (exact) mass is 1640 g/mol. The number of carbonyl (C=O) groups is 6. The molecule has 0 aliphatic heterocycles. The number of carboxylic acids is 4. The standard InChI is InChI=1S/C17H19NO2.C16H16BrNO2.C14H12BrNO2.C14H12ClNO2.C14H13NO3.C14H13NO2/c1-3-20-17(19)12-8-9-14-11(2)13-6-4-5-7-15(13)18-16(14)10-12;1-2-20-16(19)10-7-8-12-14(9-10)18-13-6-4-3-5-11(13)15(12)17;2*15-13-9-3-1-2-4-11(9)16-12-7-8(14(17)18)5-6-10(12)13;16-13-9-3-1-2-4-11(9)15-12-7-8(14(17)18)5-6-10(12)13;16-14(17)11-6-5-10-7-9-3-1-2-4-12(9)15-13(10)8-11/h8-10H,3-7H2,1-2H3;7-9H,2-6H2,1H3;2*5-7H,1-4H2,(H,17,18);5-7H,1-4H2,(H,15,16)(H,17,18);5-8H,1-4H2,(H,16,17). The molecule has 0 saturated carbocycles. The van der Waals surface area contributed by atoms with Gasteiger partial charge in [-0.1, -0.05) is 41.9 Å². The largest absolute Gasteiger partial charge is 0.478 e. The molecule has 6 aromatic carbocycles. The van der Waals surface area contributed by atoms with Crippen molar-refractivity contribution in [1.29, 1.82) is 0 Å². The predicted molar refractivity (Wildman–Crippen MR) is 438 cm³/mol. The number of nitrogens with one attached hydrogen (secondary N) is 1. The van der Waals surface area contributed by atoms with E-state index in [1.165, 1.54) is 90.6 Å². The molecule has 111 heavy (non-hydrogen) atoms. The normalized spacial score (nSPS) is 14.4. The number of hydrogen-bond acceptors (Lipinski definition) is 14. The van der Waals surface area contributed by atoms with Crippen molar-refractivity contribution in [3.8, 4) is 0 Å². The van der Waals surface area contributed by atoms with Gasteiger partial charge in [0, 0.05) is 81.0 Å². The Balaban J connectivity index is 0.000000117. The maximum Gasteiger partial charge on any atom is 0.338 e. The fourth-order valence-corrected chi connectivity index (χ4v) is 17.6. The number of H-pyrrole nitrogens is 1. The average Bonchev–Trinajstić information content (AvgIpc) is 0.871. The lowest BCUT2D eigenvalue weighted by molar-refractivity contribution is 0.0517. The molecule has 0 bridgehead atoms. The summed E-state index contributed by atoms with van der Waals surface area (Å²) in [5.74, 6) is -4.28. The molecule has 6 heterocycles. The summed E-state index contributed by atoms with van der Waals surface area (Å²) in [6, 6.07) is 33.2. The third-order valence-electron chi connectivity index (χ3n) is 21.5. The second-order valence-electron chi connectivity index (χ2n) is 28.7. The minimum atomic E-state index is -0.976. The number of carboxylic acid groups (broad SMARTS) is 4. The third kappa shape index (κ3) is 17.7. The molecule has 6 aliphatic carbocycles. The summed E-state index contributed by atoms with van der Waals surface area (Å²) in [7, 11) is 0. The number of halogens is 3. The van der Waals surface area contributed by atoms with E-state index >= 15 is 0 Å². The molecular weight excluding hydrogens is 1560 g/mol. The molecular formula is C89H85Br2ClN6O13. The Hall–Kier alpha value is -10.4. The second-order valence-corrected chi connectivity index (χ2v) is 30.7. The van der Waals surface area contributed by atoms with Crippen LogP contribution in [0.3, 0.4) is 0 Å². The van der Waals surface area contributed by atoms with Crippen molar-refractivity contribution in [2.75, 3.05) is 13.2 Å². The van der Waals surface area contributed by atoms with Crippen molar-refractivity contribution in [3.63, 3.8) is 0 Å². The number of aryl methyl sites for hydroxylation is 8. The maximum atomic E-state index is 12.3. The lowest BCUT2D eigenvalue weighted by Gasteiger charge is -2.19. The zero-order valence-electron chi connectivity index (χ0n) is 62.2. The van der Waals surface area contributed by atoms with Crippen LogP contribution in [0.25, 0.3) is 65.4 Å². The second kappa shape index (κ2) is 35.3. The Labute approximate surface area is 662 Å². The molecule has 19 nitrogen and oxygen atoms in total. The van der Waals surface area contributed by atoms with Gasteiger partial charge in [0.1, 0.15) is 0 Å². The molecule has 0 radical (unpaired) electrons. The number of rotatable bonds is 8. The van der Waals surface area contributed by atoms with E-state index in [-0.39, 0.29) is 34.1 Å². The topological polar surface area (TPSA) is 299 Å². The van der Waals surface area contributed by atoms with E-state index in [0.717, 1.165) is 212 Å². The van der Waals surface area contributed by atoms with Gasteiger partial charge in [-0.05, 0) is 325 Å². The molecule has 570 valence electrons. The highest BCUT2D eigenvalue weighted by atomic mass is 79.9. The Kier molecular flexibility index (Phi) is 25.1. The van der Waals surface area contributed by atoms with E-state index in [9.17, 15) is 33.6 Å². The molecule has 0 unspecified atom stereocenters. The Bertz CT molecular complexity index is 5550. The predicted octanol–water partition coefficient (Wildman–Crippen LogP) is 19.6. The van der Waals surface area contributed by atoms with Crippen LogP contribution in [0.5, 0.6) is 0 Å². The van der Waals surface area contributed by atoms with Gasteiger partial charge in [0.2, 0.25) is 0 Å². The van der Waals surface area contributed by atoms with Crippen molar-refractivity contribution in [1.82, 2.24) is 29.9 Å². The smallest absolute Gasteiger partial charge is 0.338 e. The number of aromatic carboxylic acids is 4. The van der Waals surface area contributed by atoms with Crippen LogP contribution in [0.15, 0.2) is 129 Å². The molecule has 0 fully saturated rings. The molecule has 18 rings (SSSR count). The van der Waals surface area contributed by atoms with Crippen LogP contribution in [0.4, 0.5) is 0 Å². The van der Waals surface area contributed by atoms with Gasteiger partial charge in [0.15, 0.2) is 5.43 Å². The summed E-state index contributed by atoms with van der Waals surface area (Å²) in [5, 5.41) is 42.4. The first-order valence-electron chi connectivity index (χ1n) is 38.3. The fraction of sp³-hybridized carbons (Fsp3) is 0.326. The molecule has 0 atom stereocenters. The zero-order valence-corrected chi connectivity index (χ0v) is 66.1. The van der Waals surface area contributed by atoms with Gasteiger partial charge in [-0.25, -0.2) is 28.8 Å². The van der Waals surface area contributed by atoms with E-state index in [1.807, 2.05) is 62.4 Å². The lowest BCUT2D eigenvalue weighted by Crippen LogP contribution is -2.18. The highest BCUT2D eigenvalue weighted by Crippen LogP contribution is 2.38. The highest BCUT2D eigenvalue weighted by molar-refractivity contribution is 9.11. The van der Waals surface area contributed by atoms with Gasteiger partial charge in [-0.2, -0.15) is 0 Å². The van der Waals surface area contributed by atoms with E-state index in [2.05, 4.69) is 64.8 Å². The highest BCUT2D eigenvalue weighted by Gasteiger charge is 2.24. The number of hydrogen-bond donors (Lipinski definition) is 5. The van der Waals surface area contributed by atoms with Gasteiger partial charge in [0.05, 0.1) is 84.7 Å². The summed E-state index contributed by atoms with van der Waals surface area (Å²) in [6.45, 7) is 6.58. The number of pyridine rings is 6. The number of ether oxygens (including phenoxy) is 2. The van der Waals surface area contributed by atoms with Gasteiger partial charge in [0.25, 0.3) is 0 Å². The summed E-state index contributed by atoms with van der Waals surface area (Å²) >= 11 is 13.7. The first kappa shape index (κ1) is 78.8. The van der Waals surface area contributed by atoms with Gasteiger partial charge < -0.3 is 34.9 Å². The van der Waals surface area contributed by atoms with Crippen LogP contribution in [-0.4, -0.2) is 99.4 Å². The molecule has 0 spiro atoms. The average molecular weight is 1640 g/mol. The molecule has 0 amide bonds. The molecule has 6 aromatic heterocycles. The summed E-state index contributed by atoms with van der Waals surface area (Å²) in [4.78, 5) is 106. The van der Waals surface area contributed by atoms with Crippen molar-refractivity contribution in [2.24, 2.45) is 0 Å². The zero-order chi connectivity index (χ0) is 78.1. The summed E-state index contributed by atoms with van der Waals surface area (Å²) in [5.41, 5.74) is 22.2. The fourth-order valence-electron chi connectivity index (χ4n) is 15.7. The Morgan fingerprint density at radius 2 is 0.739 bits per heavy atom. The molecule has 0 saturated heterocycles. The van der Waals surface area contributed by atoms with E-state index in [1.54, 1.807) is 48.5 Å². The number of esters is 2. The van der Waals surface area contributed by atoms with Crippen LogP contribution >= 0.6 is 43.5 Å². The van der Waals surface area contributed by atoms with Crippen molar-refractivity contribution in [3.05, 3.63) is 246 Å². The quantitative estimate of drug-likeness (QED) is 0.0883. The minimum Gasteiger partial charge on any atom is -0.478 e. The van der Waals surface area contributed by atoms with Gasteiger partial charge in [-0.3, -0.25) is 29.7 Å². The number of nitrogens with zero attached hydrogens (tertiary/aromatic N) is 5. The van der Waals surface area contributed by atoms with Crippen molar-refractivity contribution < 1.29 is 58.7 Å². The molecule has 12 aromatic rings. The van der Waals surface area contributed by atoms with E-state index in [0.29, 0.717) is 46.3 Å². The number of benzene rings is 6. The first-order chi connectivity index (χ1) is 53.6. The summed E-state index contributed by atoms with van der Waals surface area (Å²) < 4.78 is 12.3. The SMILES string of the molecule is CCOC(=O)c1ccc2c(Br)c3c(nc2c1)CCCC3.CCOC(=O)c1ccc2c(C)c3c(nc2c1)CCCC3.O=C(O)c1ccc2c(=O)c3c([nH]c2c1)CCCC3.O=C(O)c1ccc2c(Br)c3c(nc2c1)CCCC3.O=C(O)c1ccc2c(Cl)c3c(nc2c1)CCCC3.O=C(O)c1ccc2cc3c(nc2c1)CCCC3. The van der Waals surface area contributed by atoms with Crippen molar-refractivity contribution >= 4 is 145 Å². The maximum absolute atomic E-state index is 12.3. The van der Waals surface area contributed by atoms with Crippen LogP contribution in [-0.2, 0) is 86.5 Å². The molecule has 22 heteroatoms. The number of fused-ring (bicyclic) bond motifs is 12. The Morgan fingerprint density at radius 1 is 0.387 bits per heavy atom. The van der Waals surface area contributed by atoms with Crippen LogP contribution in [0.1, 0.15) is 226 Å². The number of aromatic nitrogens is 6. The Morgan fingerprint density at radius 3 is 1.25 bits per heavy atom. The van der Waals surface area contributed by atoms with E-state index in [4.69, 9.17) is 51.5 Å². The molecule has 6 aliphatic rings. The number of aromatic amines is 1. The van der Waals surface area contributed by atoms with Crippen LogP contribution in [0, 0.1) is 6.92 Å². The minimum absolute atomic E-state index is 0.0513. The van der Waals surface area contributed by atoms with Crippen LogP contribution < -0.4 is 5.43 Å². The third-order valence-corrected chi connectivity index (χ3v) is 23.8. The molecule has 5 N–H and O–H groups in total. The summed E-state index contributed by atoms with van der Waals surface area (Å²) in [6.07, 6.45) is 26.1. The first-order valence-corrected chi connectivity index (χ1v) is 40.2. The van der Waals surface area contributed by atoms with E-state index < -0.39 is 23.9 Å². The van der Waals surface area contributed by atoms with Gasteiger partial charge >= 0.3 is 35.8 Å². The van der Waals surface area contributed by atoms with Gasteiger partial charge in [-0.15, -0.1) is 0 Å². The lowest BCUT2D eigenvalue weighted by atomic mass is 9.90. The number of carbonyl (C=O) groups excluding carboxylic acids is 2. The van der Waals surface area contributed by atoms with Crippen LogP contribution in [0.2, 0.25) is 5.02 Å². The van der Waals surface area contributed by atoms with Crippen molar-refractivity contribution in [2.45, 2.75) is 175 Å².